The third-order valence-electron chi connectivity index (χ3n) is 2.99. The number of nitrogens with two attached hydrogens (primary N) is 1. The Kier molecular flexibility index (Phi) is 3.11. The molecule has 1 unspecified atom stereocenters. The van der Waals surface area contributed by atoms with Gasteiger partial charge in [0.1, 0.15) is 0 Å². The van der Waals surface area contributed by atoms with Crippen LogP contribution in [0.25, 0.3) is 0 Å². The minimum atomic E-state index is -3.43. The third-order valence-corrected chi connectivity index (χ3v) is 4.85. The first-order valence-corrected chi connectivity index (χ1v) is 6.89. The van der Waals surface area contributed by atoms with Gasteiger partial charge in [-0.2, -0.15) is 12.7 Å². The average Bonchev–Trinajstić information content (AvgIpc) is 2.29. The van der Waals surface area contributed by atoms with Gasteiger partial charge in [0.15, 0.2) is 0 Å². The topological polar surface area (TPSA) is 66.6 Å². The van der Waals surface area contributed by atoms with Crippen LogP contribution in [0.2, 0.25) is 0 Å². The van der Waals surface area contributed by atoms with Gasteiger partial charge in [-0.15, -0.1) is 0 Å². The zero-order valence-corrected chi connectivity index (χ0v) is 10.8. The number of para-hydroxylation sites is 1. The van der Waals surface area contributed by atoms with Crippen molar-refractivity contribution >= 4 is 15.9 Å². The summed E-state index contributed by atoms with van der Waals surface area (Å²) < 4.78 is 27.0. The molecule has 17 heavy (non-hydrogen) atoms. The Hall–Kier alpha value is -1.11. The maximum Gasteiger partial charge on any atom is 0.303 e. The standard InChI is InChI=1S/C11H17N3O2S/c1-13(2)17(15,16)14-8-7-10(12)9-5-3-4-6-11(9)14/h3-6,10H,7-8,12H2,1-2H3. The SMILES string of the molecule is CN(C)S(=O)(=O)N1CCC(N)c2ccccc21. The summed E-state index contributed by atoms with van der Waals surface area (Å²) in [5, 5.41) is 0. The van der Waals surface area contributed by atoms with Crippen LogP contribution < -0.4 is 10.0 Å². The Balaban J connectivity index is 2.51. The fraction of sp³-hybridized carbons (Fsp3) is 0.455. The summed E-state index contributed by atoms with van der Waals surface area (Å²) in [6, 6.07) is 7.31. The van der Waals surface area contributed by atoms with Gasteiger partial charge in [0, 0.05) is 26.7 Å². The van der Waals surface area contributed by atoms with Crippen LogP contribution in [0.5, 0.6) is 0 Å². The van der Waals surface area contributed by atoms with E-state index in [0.29, 0.717) is 18.7 Å². The minimum absolute atomic E-state index is 0.0835. The van der Waals surface area contributed by atoms with Crippen molar-refractivity contribution < 1.29 is 8.42 Å². The van der Waals surface area contributed by atoms with Gasteiger partial charge in [-0.05, 0) is 18.1 Å². The second-order valence-corrected chi connectivity index (χ2v) is 6.38. The predicted octanol–water partition coefficient (Wildman–Crippen LogP) is 0.703. The van der Waals surface area contributed by atoms with Crippen LogP contribution in [-0.2, 0) is 10.2 Å². The zero-order chi connectivity index (χ0) is 12.6. The van der Waals surface area contributed by atoms with Crippen LogP contribution in [0, 0.1) is 0 Å². The fourth-order valence-corrected chi connectivity index (χ4v) is 3.14. The minimum Gasteiger partial charge on any atom is -0.324 e. The molecule has 1 aromatic carbocycles. The van der Waals surface area contributed by atoms with Crippen molar-refractivity contribution in [2.45, 2.75) is 12.5 Å². The lowest BCUT2D eigenvalue weighted by molar-refractivity contribution is 0.508. The maximum atomic E-state index is 12.2. The molecule has 0 saturated carbocycles. The highest BCUT2D eigenvalue weighted by Gasteiger charge is 2.31. The second-order valence-electron chi connectivity index (χ2n) is 4.32. The van der Waals surface area contributed by atoms with Gasteiger partial charge in [0.25, 0.3) is 0 Å². The lowest BCUT2D eigenvalue weighted by atomic mass is 9.99. The van der Waals surface area contributed by atoms with Crippen LogP contribution in [0.1, 0.15) is 18.0 Å². The van der Waals surface area contributed by atoms with Gasteiger partial charge in [0.2, 0.25) is 0 Å². The van der Waals surface area contributed by atoms with Crippen molar-refractivity contribution in [3.05, 3.63) is 29.8 Å². The molecule has 6 heteroatoms. The van der Waals surface area contributed by atoms with Crippen LogP contribution in [0.3, 0.4) is 0 Å². The van der Waals surface area contributed by atoms with Crippen LogP contribution >= 0.6 is 0 Å². The van der Waals surface area contributed by atoms with Crippen LogP contribution in [0.4, 0.5) is 5.69 Å². The molecule has 0 aromatic heterocycles. The molecule has 0 radical (unpaired) electrons. The number of hydrogen-bond acceptors (Lipinski definition) is 3. The molecule has 0 amide bonds. The summed E-state index contributed by atoms with van der Waals surface area (Å²) in [4.78, 5) is 0. The first-order valence-electron chi connectivity index (χ1n) is 5.49. The third kappa shape index (κ3) is 2.03. The summed E-state index contributed by atoms with van der Waals surface area (Å²) in [5.74, 6) is 0. The van der Waals surface area contributed by atoms with Gasteiger partial charge in [-0.1, -0.05) is 18.2 Å². The molecular formula is C11H17N3O2S. The molecule has 0 saturated heterocycles. The summed E-state index contributed by atoms with van der Waals surface area (Å²) in [6.45, 7) is 0.429. The number of fused-ring (bicyclic) bond motifs is 1. The first-order chi connectivity index (χ1) is 7.94. The molecule has 1 aliphatic heterocycles. The Morgan fingerprint density at radius 1 is 1.35 bits per heavy atom. The first kappa shape index (κ1) is 12.3. The quantitative estimate of drug-likeness (QED) is 0.846. The molecule has 1 atom stereocenters. The largest absolute Gasteiger partial charge is 0.324 e. The fourth-order valence-electron chi connectivity index (χ4n) is 2.00. The van der Waals surface area contributed by atoms with E-state index in [1.54, 1.807) is 6.07 Å². The molecule has 1 heterocycles. The van der Waals surface area contributed by atoms with Crippen LogP contribution in [-0.4, -0.2) is 33.4 Å². The van der Waals surface area contributed by atoms with E-state index in [9.17, 15) is 8.42 Å². The monoisotopic (exact) mass is 255 g/mol. The highest BCUT2D eigenvalue weighted by atomic mass is 32.2. The summed E-state index contributed by atoms with van der Waals surface area (Å²) in [5.41, 5.74) is 7.58. The van der Waals surface area contributed by atoms with Crippen molar-refractivity contribution in [3.63, 3.8) is 0 Å². The molecule has 0 fully saturated rings. The highest BCUT2D eigenvalue weighted by molar-refractivity contribution is 7.90. The number of anilines is 1. The number of rotatable bonds is 2. The second kappa shape index (κ2) is 4.29. The Morgan fingerprint density at radius 2 is 2.00 bits per heavy atom. The Morgan fingerprint density at radius 3 is 2.65 bits per heavy atom. The van der Waals surface area contributed by atoms with Gasteiger partial charge < -0.3 is 5.73 Å². The van der Waals surface area contributed by atoms with E-state index < -0.39 is 10.2 Å². The molecule has 94 valence electrons. The van der Waals surface area contributed by atoms with Crippen LogP contribution in [0.15, 0.2) is 24.3 Å². The average molecular weight is 255 g/mol. The van der Waals surface area contributed by atoms with Crippen molar-refractivity contribution in [2.75, 3.05) is 24.9 Å². The van der Waals surface area contributed by atoms with Crippen molar-refractivity contribution in [2.24, 2.45) is 5.73 Å². The molecule has 1 aromatic rings. The number of benzene rings is 1. The lowest BCUT2D eigenvalue weighted by Crippen LogP contribution is -2.44. The maximum absolute atomic E-state index is 12.2. The van der Waals surface area contributed by atoms with Gasteiger partial charge in [0.05, 0.1) is 5.69 Å². The van der Waals surface area contributed by atoms with E-state index in [0.717, 1.165) is 5.56 Å². The normalized spacial score (nSPS) is 20.5. The molecule has 1 aliphatic rings. The van der Waals surface area contributed by atoms with Crippen molar-refractivity contribution in [1.29, 1.82) is 0 Å². The van der Waals surface area contributed by atoms with E-state index in [-0.39, 0.29) is 6.04 Å². The predicted molar refractivity (Wildman–Crippen MR) is 67.9 cm³/mol. The Labute approximate surface area is 102 Å². The zero-order valence-electron chi connectivity index (χ0n) is 10.00. The van der Waals surface area contributed by atoms with E-state index >= 15 is 0 Å². The highest BCUT2D eigenvalue weighted by Crippen LogP contribution is 2.34. The molecule has 2 N–H and O–H groups in total. The molecule has 0 bridgehead atoms. The number of nitrogens with zero attached hydrogens (tertiary/aromatic N) is 2. The summed E-state index contributed by atoms with van der Waals surface area (Å²) >= 11 is 0. The van der Waals surface area contributed by atoms with E-state index in [4.69, 9.17) is 5.73 Å². The van der Waals surface area contributed by atoms with Crippen molar-refractivity contribution in [1.82, 2.24) is 4.31 Å². The summed E-state index contributed by atoms with van der Waals surface area (Å²) in [7, 11) is -0.357. The van der Waals surface area contributed by atoms with E-state index in [2.05, 4.69) is 0 Å². The van der Waals surface area contributed by atoms with Gasteiger partial charge in [-0.25, -0.2) is 0 Å². The Bertz CT molecular complexity index is 513. The smallest absolute Gasteiger partial charge is 0.303 e. The van der Waals surface area contributed by atoms with Gasteiger partial charge >= 0.3 is 10.2 Å². The molecule has 0 aliphatic carbocycles. The molecule has 5 nitrogen and oxygen atoms in total. The van der Waals surface area contributed by atoms with E-state index in [1.807, 2.05) is 18.2 Å². The lowest BCUT2D eigenvalue weighted by Gasteiger charge is -2.34. The molecule has 0 spiro atoms. The summed E-state index contributed by atoms with van der Waals surface area (Å²) in [6.07, 6.45) is 0.643. The number of hydrogen-bond donors (Lipinski definition) is 1. The van der Waals surface area contributed by atoms with Crippen molar-refractivity contribution in [3.8, 4) is 0 Å². The molecular weight excluding hydrogens is 238 g/mol. The van der Waals surface area contributed by atoms with E-state index in [1.165, 1.54) is 22.7 Å². The van der Waals surface area contributed by atoms with Gasteiger partial charge in [-0.3, -0.25) is 4.31 Å². The molecule has 2 rings (SSSR count).